The third kappa shape index (κ3) is 4.14. The van der Waals surface area contributed by atoms with Crippen molar-refractivity contribution < 1.29 is 8.42 Å². The van der Waals surface area contributed by atoms with Crippen molar-refractivity contribution >= 4 is 27.2 Å². The molecule has 3 aromatic rings. The van der Waals surface area contributed by atoms with Gasteiger partial charge >= 0.3 is 0 Å². The van der Waals surface area contributed by atoms with Crippen LogP contribution in [0.15, 0.2) is 66.7 Å². The molecule has 1 aliphatic rings. The van der Waals surface area contributed by atoms with E-state index in [1.807, 2.05) is 78.7 Å². The Morgan fingerprint density at radius 1 is 1.00 bits per heavy atom. The molecule has 1 atom stereocenters. The van der Waals surface area contributed by atoms with Gasteiger partial charge < -0.3 is 10.2 Å². The van der Waals surface area contributed by atoms with E-state index in [1.165, 1.54) is 0 Å². The second-order valence-corrected chi connectivity index (χ2v) is 9.17. The number of aromatic nitrogens is 2. The summed E-state index contributed by atoms with van der Waals surface area (Å²) >= 11 is 0. The number of nitrogens with zero attached hydrogens (tertiary/aromatic N) is 3. The quantitative estimate of drug-likeness (QED) is 0.714. The van der Waals surface area contributed by atoms with Crippen LogP contribution in [0.25, 0.3) is 11.4 Å². The van der Waals surface area contributed by atoms with E-state index in [9.17, 15) is 8.42 Å². The van der Waals surface area contributed by atoms with Crippen LogP contribution in [0.5, 0.6) is 0 Å². The molecule has 6 nitrogen and oxygen atoms in total. The highest BCUT2D eigenvalue weighted by Crippen LogP contribution is 2.27. The first-order valence-electron chi connectivity index (χ1n) is 9.20. The Labute approximate surface area is 165 Å². The van der Waals surface area contributed by atoms with Gasteiger partial charge in [0, 0.05) is 30.4 Å². The van der Waals surface area contributed by atoms with Crippen LogP contribution < -0.4 is 10.2 Å². The number of para-hydroxylation sites is 1. The van der Waals surface area contributed by atoms with E-state index in [2.05, 4.69) is 10.3 Å². The third-order valence-electron chi connectivity index (χ3n) is 4.82. The fourth-order valence-electron chi connectivity index (χ4n) is 3.30. The molecule has 7 heteroatoms. The van der Waals surface area contributed by atoms with Gasteiger partial charge in [0.25, 0.3) is 0 Å². The predicted molar refractivity (Wildman–Crippen MR) is 113 cm³/mol. The van der Waals surface area contributed by atoms with Crippen molar-refractivity contribution in [2.45, 2.75) is 12.5 Å². The number of nitrogens with one attached hydrogen (secondary N) is 1. The third-order valence-corrected chi connectivity index (χ3v) is 6.58. The van der Waals surface area contributed by atoms with E-state index in [0.717, 1.165) is 17.1 Å². The molecule has 0 saturated carbocycles. The summed E-state index contributed by atoms with van der Waals surface area (Å²) in [5.74, 6) is 2.33. The summed E-state index contributed by atoms with van der Waals surface area (Å²) in [6, 6.07) is 21.5. The van der Waals surface area contributed by atoms with Crippen molar-refractivity contribution in [3.05, 3.63) is 66.7 Å². The number of benzene rings is 2. The van der Waals surface area contributed by atoms with E-state index in [-0.39, 0.29) is 17.5 Å². The number of hydrogen-bond donors (Lipinski definition) is 1. The Hall–Kier alpha value is -2.93. The summed E-state index contributed by atoms with van der Waals surface area (Å²) < 4.78 is 23.6. The maximum atomic E-state index is 11.8. The van der Waals surface area contributed by atoms with Crippen LogP contribution in [-0.2, 0) is 9.84 Å². The second-order valence-electron chi connectivity index (χ2n) is 6.94. The van der Waals surface area contributed by atoms with E-state index < -0.39 is 9.84 Å². The van der Waals surface area contributed by atoms with Crippen molar-refractivity contribution in [2.75, 3.05) is 28.8 Å². The van der Waals surface area contributed by atoms with E-state index >= 15 is 0 Å². The van der Waals surface area contributed by atoms with Gasteiger partial charge in [-0.3, -0.25) is 0 Å². The van der Waals surface area contributed by atoms with Crippen LogP contribution in [0, 0.1) is 0 Å². The number of sulfone groups is 1. The Balaban J connectivity index is 1.71. The molecule has 0 aliphatic carbocycles. The fraction of sp³-hybridized carbons (Fsp3) is 0.238. The van der Waals surface area contributed by atoms with Crippen molar-refractivity contribution in [3.8, 4) is 11.4 Å². The summed E-state index contributed by atoms with van der Waals surface area (Å²) in [5, 5.41) is 3.30. The molecule has 1 aromatic heterocycles. The monoisotopic (exact) mass is 394 g/mol. The molecule has 0 spiro atoms. The Morgan fingerprint density at radius 2 is 1.68 bits per heavy atom. The second kappa shape index (κ2) is 7.59. The van der Waals surface area contributed by atoms with Crippen molar-refractivity contribution in [1.29, 1.82) is 0 Å². The standard InChI is InChI=1S/C21H22N4O2S/c1-25(18-10-6-3-7-11-18)20-14-19(22-17-12-13-28(26,27)15-17)23-21(24-20)16-8-4-2-5-9-16/h2-11,14,17H,12-13,15H2,1H3,(H,22,23,24). The minimum atomic E-state index is -2.96. The molecule has 0 radical (unpaired) electrons. The first kappa shape index (κ1) is 18.4. The van der Waals surface area contributed by atoms with E-state index in [1.54, 1.807) is 0 Å². The number of anilines is 3. The maximum Gasteiger partial charge on any atom is 0.163 e. The molecule has 1 saturated heterocycles. The van der Waals surface area contributed by atoms with Crippen molar-refractivity contribution in [2.24, 2.45) is 0 Å². The fourth-order valence-corrected chi connectivity index (χ4v) is 4.97. The van der Waals surface area contributed by atoms with Gasteiger partial charge in [0.15, 0.2) is 15.7 Å². The molecule has 2 heterocycles. The van der Waals surface area contributed by atoms with Gasteiger partial charge in [0.05, 0.1) is 11.5 Å². The highest BCUT2D eigenvalue weighted by atomic mass is 32.2. The first-order chi connectivity index (χ1) is 13.5. The van der Waals surface area contributed by atoms with Gasteiger partial charge in [-0.25, -0.2) is 18.4 Å². The molecule has 1 fully saturated rings. The van der Waals surface area contributed by atoms with Gasteiger partial charge in [-0.15, -0.1) is 0 Å². The lowest BCUT2D eigenvalue weighted by Gasteiger charge is -2.21. The maximum absolute atomic E-state index is 11.8. The smallest absolute Gasteiger partial charge is 0.163 e. The lowest BCUT2D eigenvalue weighted by Crippen LogP contribution is -2.22. The minimum Gasteiger partial charge on any atom is -0.366 e. The Bertz CT molecular complexity index is 1060. The Kier molecular flexibility index (Phi) is 5.00. The van der Waals surface area contributed by atoms with Crippen molar-refractivity contribution in [3.63, 3.8) is 0 Å². The number of rotatable bonds is 5. The summed E-state index contributed by atoms with van der Waals surface area (Å²) in [6.07, 6.45) is 0.594. The van der Waals surface area contributed by atoms with E-state index in [4.69, 9.17) is 4.98 Å². The molecule has 1 unspecified atom stereocenters. The molecule has 28 heavy (non-hydrogen) atoms. The molecular formula is C21H22N4O2S. The molecule has 0 bridgehead atoms. The summed E-state index contributed by atoms with van der Waals surface area (Å²) in [7, 11) is -1.01. The normalized spacial score (nSPS) is 18.0. The van der Waals surface area contributed by atoms with Crippen LogP contribution in [0.2, 0.25) is 0 Å². The molecule has 0 amide bonds. The number of hydrogen-bond acceptors (Lipinski definition) is 6. The minimum absolute atomic E-state index is 0.126. The Morgan fingerprint density at radius 3 is 2.32 bits per heavy atom. The zero-order chi connectivity index (χ0) is 19.6. The molecule has 1 aliphatic heterocycles. The van der Waals surface area contributed by atoms with Gasteiger partial charge in [-0.2, -0.15) is 0 Å². The molecule has 2 aromatic carbocycles. The highest BCUT2D eigenvalue weighted by molar-refractivity contribution is 7.91. The molecule has 1 N–H and O–H groups in total. The molecule has 4 rings (SSSR count). The van der Waals surface area contributed by atoms with Crippen molar-refractivity contribution in [1.82, 2.24) is 9.97 Å². The van der Waals surface area contributed by atoms with Gasteiger partial charge in [-0.1, -0.05) is 48.5 Å². The topological polar surface area (TPSA) is 75.2 Å². The molecule has 144 valence electrons. The first-order valence-corrected chi connectivity index (χ1v) is 11.0. The summed E-state index contributed by atoms with van der Waals surface area (Å²) in [4.78, 5) is 11.4. The lowest BCUT2D eigenvalue weighted by molar-refractivity contribution is 0.602. The summed E-state index contributed by atoms with van der Waals surface area (Å²) in [5.41, 5.74) is 1.92. The van der Waals surface area contributed by atoms with Crippen LogP contribution in [-0.4, -0.2) is 43.0 Å². The largest absolute Gasteiger partial charge is 0.366 e. The average Bonchev–Trinajstić information content (AvgIpc) is 3.06. The lowest BCUT2D eigenvalue weighted by atomic mass is 10.2. The van der Waals surface area contributed by atoms with Crippen LogP contribution >= 0.6 is 0 Å². The average molecular weight is 395 g/mol. The van der Waals surface area contributed by atoms with E-state index in [0.29, 0.717) is 18.1 Å². The van der Waals surface area contributed by atoms with Gasteiger partial charge in [-0.05, 0) is 18.6 Å². The zero-order valence-electron chi connectivity index (χ0n) is 15.6. The predicted octanol–water partition coefficient (Wildman–Crippen LogP) is 3.51. The van der Waals surface area contributed by atoms with Crippen LogP contribution in [0.3, 0.4) is 0 Å². The highest BCUT2D eigenvalue weighted by Gasteiger charge is 2.28. The molecular weight excluding hydrogens is 372 g/mol. The van der Waals surface area contributed by atoms with Gasteiger partial charge in [0.1, 0.15) is 11.6 Å². The van der Waals surface area contributed by atoms with Gasteiger partial charge in [0.2, 0.25) is 0 Å². The van der Waals surface area contributed by atoms with Crippen LogP contribution in [0.1, 0.15) is 6.42 Å². The SMILES string of the molecule is CN(c1ccccc1)c1cc(NC2CCS(=O)(=O)C2)nc(-c2ccccc2)n1. The van der Waals surface area contributed by atoms with Crippen LogP contribution in [0.4, 0.5) is 17.3 Å². The summed E-state index contributed by atoms with van der Waals surface area (Å²) in [6.45, 7) is 0. The zero-order valence-corrected chi connectivity index (χ0v) is 16.4.